The maximum Gasteiger partial charge on any atom is 0.308 e. The van der Waals surface area contributed by atoms with E-state index in [2.05, 4.69) is 4.74 Å². The highest BCUT2D eigenvalue weighted by Crippen LogP contribution is 2.05. The fraction of sp³-hybridized carbons (Fsp3) is 0.857. The summed E-state index contributed by atoms with van der Waals surface area (Å²) in [4.78, 5) is 10.8. The van der Waals surface area contributed by atoms with Crippen LogP contribution in [0, 0.1) is 5.92 Å². The fourth-order valence-electron chi connectivity index (χ4n) is 0.743. The van der Waals surface area contributed by atoms with Gasteiger partial charge in [-0.3, -0.25) is 4.79 Å². The highest BCUT2D eigenvalue weighted by atomic mass is 16.5. The fourth-order valence-corrected chi connectivity index (χ4v) is 0.743. The standard InChI is InChI=1S/C7H15NO2/c1-6(4-3-5-8)7(9)10-2/h6H,3-5,8H2,1-2H3/t6-/m0/s1. The number of ether oxygens (including phenoxy) is 1. The summed E-state index contributed by atoms with van der Waals surface area (Å²) in [6.07, 6.45) is 1.71. The molecule has 0 rings (SSSR count). The summed E-state index contributed by atoms with van der Waals surface area (Å²) in [7, 11) is 1.40. The molecule has 0 bridgehead atoms. The van der Waals surface area contributed by atoms with Crippen molar-refractivity contribution in [1.29, 1.82) is 0 Å². The Balaban J connectivity index is 3.41. The molecule has 0 spiro atoms. The zero-order valence-corrected chi connectivity index (χ0v) is 6.59. The van der Waals surface area contributed by atoms with Crippen LogP contribution < -0.4 is 5.73 Å². The van der Waals surface area contributed by atoms with Crippen LogP contribution in [0.1, 0.15) is 19.8 Å². The van der Waals surface area contributed by atoms with E-state index in [1.165, 1.54) is 7.11 Å². The summed E-state index contributed by atoms with van der Waals surface area (Å²) in [6.45, 7) is 2.49. The van der Waals surface area contributed by atoms with E-state index in [0.29, 0.717) is 6.54 Å². The average Bonchev–Trinajstić information content (AvgIpc) is 1.98. The van der Waals surface area contributed by atoms with Crippen LogP contribution in [-0.2, 0) is 9.53 Å². The summed E-state index contributed by atoms with van der Waals surface area (Å²) in [6, 6.07) is 0. The van der Waals surface area contributed by atoms with Gasteiger partial charge in [0.1, 0.15) is 0 Å². The molecule has 0 fully saturated rings. The Morgan fingerprint density at radius 1 is 1.70 bits per heavy atom. The molecule has 0 unspecified atom stereocenters. The lowest BCUT2D eigenvalue weighted by molar-refractivity contribution is -0.145. The van der Waals surface area contributed by atoms with Crippen molar-refractivity contribution in [2.45, 2.75) is 19.8 Å². The van der Waals surface area contributed by atoms with Crippen LogP contribution in [0.2, 0.25) is 0 Å². The summed E-state index contributed by atoms with van der Waals surface area (Å²) in [5.74, 6) is -0.151. The lowest BCUT2D eigenvalue weighted by Gasteiger charge is -2.06. The Morgan fingerprint density at radius 2 is 2.30 bits per heavy atom. The van der Waals surface area contributed by atoms with Gasteiger partial charge in [0, 0.05) is 0 Å². The molecule has 0 amide bonds. The van der Waals surface area contributed by atoms with Gasteiger partial charge < -0.3 is 10.5 Å². The SMILES string of the molecule is COC(=O)[C@@H](C)CCCN. The first-order valence-corrected chi connectivity index (χ1v) is 3.50. The van der Waals surface area contributed by atoms with Crippen LogP contribution in [-0.4, -0.2) is 19.6 Å². The van der Waals surface area contributed by atoms with E-state index in [-0.39, 0.29) is 11.9 Å². The van der Waals surface area contributed by atoms with Gasteiger partial charge in [0.2, 0.25) is 0 Å². The number of carbonyl (C=O) groups is 1. The van der Waals surface area contributed by atoms with Crippen LogP contribution in [0.3, 0.4) is 0 Å². The van der Waals surface area contributed by atoms with E-state index in [1.54, 1.807) is 0 Å². The Kier molecular flexibility index (Phi) is 4.94. The van der Waals surface area contributed by atoms with Gasteiger partial charge in [0.15, 0.2) is 0 Å². The lowest BCUT2D eigenvalue weighted by atomic mass is 10.1. The number of hydrogen-bond donors (Lipinski definition) is 1. The van der Waals surface area contributed by atoms with Crippen molar-refractivity contribution < 1.29 is 9.53 Å². The molecule has 0 aromatic rings. The number of esters is 1. The third-order valence-electron chi connectivity index (χ3n) is 1.44. The van der Waals surface area contributed by atoms with Crippen molar-refractivity contribution in [1.82, 2.24) is 0 Å². The minimum absolute atomic E-state index is 0.00597. The summed E-state index contributed by atoms with van der Waals surface area (Å²) < 4.78 is 4.53. The first kappa shape index (κ1) is 9.43. The molecular weight excluding hydrogens is 130 g/mol. The second kappa shape index (κ2) is 5.23. The van der Waals surface area contributed by atoms with Crippen molar-refractivity contribution in [2.24, 2.45) is 11.7 Å². The molecule has 60 valence electrons. The Labute approximate surface area is 61.5 Å². The molecule has 3 nitrogen and oxygen atoms in total. The van der Waals surface area contributed by atoms with E-state index in [4.69, 9.17) is 5.73 Å². The second-order valence-electron chi connectivity index (χ2n) is 2.36. The Bertz CT molecular complexity index is 104. The number of rotatable bonds is 4. The molecule has 0 aromatic carbocycles. The van der Waals surface area contributed by atoms with Crippen LogP contribution in [0.15, 0.2) is 0 Å². The minimum Gasteiger partial charge on any atom is -0.469 e. The molecular formula is C7H15NO2. The molecule has 0 radical (unpaired) electrons. The Hall–Kier alpha value is -0.570. The largest absolute Gasteiger partial charge is 0.469 e. The minimum atomic E-state index is -0.145. The summed E-state index contributed by atoms with van der Waals surface area (Å²) in [5.41, 5.74) is 5.27. The molecule has 0 saturated heterocycles. The smallest absolute Gasteiger partial charge is 0.308 e. The van der Waals surface area contributed by atoms with Crippen molar-refractivity contribution in [3.8, 4) is 0 Å². The van der Waals surface area contributed by atoms with E-state index < -0.39 is 0 Å². The molecule has 0 heterocycles. The highest BCUT2D eigenvalue weighted by molar-refractivity contribution is 5.71. The van der Waals surface area contributed by atoms with E-state index in [0.717, 1.165) is 12.8 Å². The molecule has 2 N–H and O–H groups in total. The zero-order chi connectivity index (χ0) is 7.98. The maximum absolute atomic E-state index is 10.8. The van der Waals surface area contributed by atoms with Crippen LogP contribution >= 0.6 is 0 Å². The summed E-state index contributed by atoms with van der Waals surface area (Å²) in [5, 5.41) is 0. The zero-order valence-electron chi connectivity index (χ0n) is 6.59. The third kappa shape index (κ3) is 3.45. The molecule has 1 atom stereocenters. The number of methoxy groups -OCH3 is 1. The quantitative estimate of drug-likeness (QED) is 0.587. The van der Waals surface area contributed by atoms with Gasteiger partial charge in [-0.2, -0.15) is 0 Å². The topological polar surface area (TPSA) is 52.3 Å². The van der Waals surface area contributed by atoms with Gasteiger partial charge in [-0.25, -0.2) is 0 Å². The van der Waals surface area contributed by atoms with Gasteiger partial charge in [0.25, 0.3) is 0 Å². The van der Waals surface area contributed by atoms with Gasteiger partial charge in [0.05, 0.1) is 13.0 Å². The van der Waals surface area contributed by atoms with E-state index >= 15 is 0 Å². The monoisotopic (exact) mass is 145 g/mol. The van der Waals surface area contributed by atoms with Crippen LogP contribution in [0.5, 0.6) is 0 Å². The highest BCUT2D eigenvalue weighted by Gasteiger charge is 2.10. The average molecular weight is 145 g/mol. The molecule has 0 aliphatic heterocycles. The Morgan fingerprint density at radius 3 is 2.70 bits per heavy atom. The summed E-state index contributed by atoms with van der Waals surface area (Å²) >= 11 is 0. The van der Waals surface area contributed by atoms with Gasteiger partial charge in [-0.05, 0) is 19.4 Å². The normalized spacial score (nSPS) is 12.7. The first-order chi connectivity index (χ1) is 4.72. The van der Waals surface area contributed by atoms with Crippen molar-refractivity contribution in [3.05, 3.63) is 0 Å². The van der Waals surface area contributed by atoms with E-state index in [1.807, 2.05) is 6.92 Å². The molecule has 0 aromatic heterocycles. The van der Waals surface area contributed by atoms with E-state index in [9.17, 15) is 4.79 Å². The van der Waals surface area contributed by atoms with Crippen molar-refractivity contribution in [2.75, 3.05) is 13.7 Å². The number of nitrogens with two attached hydrogens (primary N) is 1. The molecule has 10 heavy (non-hydrogen) atoms. The van der Waals surface area contributed by atoms with Crippen LogP contribution in [0.25, 0.3) is 0 Å². The van der Waals surface area contributed by atoms with Gasteiger partial charge >= 0.3 is 5.97 Å². The molecule has 3 heteroatoms. The molecule has 0 aliphatic rings. The van der Waals surface area contributed by atoms with Gasteiger partial charge in [-0.1, -0.05) is 6.92 Å². The van der Waals surface area contributed by atoms with Crippen molar-refractivity contribution in [3.63, 3.8) is 0 Å². The van der Waals surface area contributed by atoms with Crippen molar-refractivity contribution >= 4 is 5.97 Å². The maximum atomic E-state index is 10.8. The predicted molar refractivity (Wildman–Crippen MR) is 39.5 cm³/mol. The molecule has 0 saturated carbocycles. The molecule has 0 aliphatic carbocycles. The lowest BCUT2D eigenvalue weighted by Crippen LogP contribution is -2.14. The predicted octanol–water partition coefficient (Wildman–Crippen LogP) is 0.534. The van der Waals surface area contributed by atoms with Gasteiger partial charge in [-0.15, -0.1) is 0 Å². The third-order valence-corrected chi connectivity index (χ3v) is 1.44. The number of carbonyl (C=O) groups excluding carboxylic acids is 1. The first-order valence-electron chi connectivity index (χ1n) is 3.50. The number of hydrogen-bond acceptors (Lipinski definition) is 3. The second-order valence-corrected chi connectivity index (χ2v) is 2.36. The van der Waals surface area contributed by atoms with Crippen LogP contribution in [0.4, 0.5) is 0 Å².